The Bertz CT molecular complexity index is 1570. The molecule has 4 aromatic rings. The van der Waals surface area contributed by atoms with Gasteiger partial charge in [-0.3, -0.25) is 4.79 Å². The first kappa shape index (κ1) is 27.2. The van der Waals surface area contributed by atoms with E-state index in [-0.39, 0.29) is 30.2 Å². The molecule has 0 unspecified atom stereocenters. The number of nitrogens with zero attached hydrogens (tertiary/aromatic N) is 2. The molecule has 0 bridgehead atoms. The first-order valence-electron chi connectivity index (χ1n) is 13.2. The maximum absolute atomic E-state index is 15.4. The maximum Gasteiger partial charge on any atom is 0.343 e. The van der Waals surface area contributed by atoms with Gasteiger partial charge in [0.25, 0.3) is 0 Å². The van der Waals surface area contributed by atoms with Gasteiger partial charge in [-0.2, -0.15) is 0 Å². The van der Waals surface area contributed by atoms with E-state index in [0.29, 0.717) is 35.8 Å². The number of rotatable bonds is 9. The fourth-order valence-corrected chi connectivity index (χ4v) is 5.06. The molecule has 2 heterocycles. The van der Waals surface area contributed by atoms with Crippen LogP contribution in [0.25, 0.3) is 16.6 Å². The van der Waals surface area contributed by atoms with Crippen LogP contribution < -0.4 is 19.8 Å². The topological polar surface area (TPSA) is 90.2 Å². The molecule has 0 radical (unpaired) electrons. The molecule has 40 heavy (non-hydrogen) atoms. The molecule has 0 spiro atoms. The lowest BCUT2D eigenvalue weighted by Gasteiger charge is -2.26. The van der Waals surface area contributed by atoms with Crippen LogP contribution in [-0.4, -0.2) is 48.6 Å². The average Bonchev–Trinajstić information content (AvgIpc) is 3.46. The molecule has 5 rings (SSSR count). The number of esters is 1. The first-order valence-corrected chi connectivity index (χ1v) is 13.2. The van der Waals surface area contributed by atoms with Gasteiger partial charge in [0, 0.05) is 23.8 Å². The van der Waals surface area contributed by atoms with Crippen molar-refractivity contribution in [1.29, 1.82) is 0 Å². The molecule has 1 aromatic heterocycles. The van der Waals surface area contributed by atoms with Crippen molar-refractivity contribution in [3.05, 3.63) is 94.0 Å². The van der Waals surface area contributed by atoms with Crippen molar-refractivity contribution in [1.82, 2.24) is 4.57 Å². The molecule has 1 atom stereocenters. The molecule has 0 aliphatic carbocycles. The molecule has 9 heteroatoms. The number of halogens is 1. The van der Waals surface area contributed by atoms with E-state index in [0.717, 1.165) is 24.2 Å². The van der Waals surface area contributed by atoms with Crippen molar-refractivity contribution >= 4 is 22.6 Å². The van der Waals surface area contributed by atoms with Gasteiger partial charge >= 0.3 is 5.97 Å². The highest BCUT2D eigenvalue weighted by Gasteiger charge is 2.28. The van der Waals surface area contributed by atoms with E-state index >= 15 is 4.39 Å². The van der Waals surface area contributed by atoms with Crippen molar-refractivity contribution in [3.63, 3.8) is 0 Å². The number of carbonyl (C=O) groups is 1. The Balaban J connectivity index is 1.54. The van der Waals surface area contributed by atoms with Crippen LogP contribution in [0.1, 0.15) is 35.7 Å². The fourth-order valence-electron chi connectivity index (χ4n) is 5.06. The number of hydrogen-bond acceptors (Lipinski definition) is 7. The second kappa shape index (κ2) is 11.8. The van der Waals surface area contributed by atoms with E-state index in [4.69, 9.17) is 14.2 Å². The van der Waals surface area contributed by atoms with Crippen LogP contribution >= 0.6 is 0 Å². The van der Waals surface area contributed by atoms with E-state index in [1.165, 1.54) is 12.3 Å². The number of methoxy groups -OCH3 is 1. The second-order valence-electron chi connectivity index (χ2n) is 9.59. The number of anilines is 1. The van der Waals surface area contributed by atoms with Gasteiger partial charge in [-0.05, 0) is 73.9 Å². The predicted octanol–water partition coefficient (Wildman–Crippen LogP) is 4.86. The van der Waals surface area contributed by atoms with E-state index in [1.54, 1.807) is 48.9 Å². The van der Waals surface area contributed by atoms with Gasteiger partial charge in [-0.1, -0.05) is 12.1 Å². The van der Waals surface area contributed by atoms with Crippen LogP contribution in [0.4, 0.5) is 10.1 Å². The van der Waals surface area contributed by atoms with Gasteiger partial charge in [0.05, 0.1) is 37.6 Å². The maximum atomic E-state index is 15.4. The minimum absolute atomic E-state index is 0.0615. The smallest absolute Gasteiger partial charge is 0.343 e. The number of benzene rings is 3. The van der Waals surface area contributed by atoms with Crippen LogP contribution in [0.3, 0.4) is 0 Å². The standard InChI is InChI=1S/C31H31FN2O6/c1-3-39-31(37)26-17-34(21-8-12-24(13-9-21)40-19-20-6-10-23(38-2)11-7-20)28-16-29(27(32)15-25(28)30(26)36)33-14-4-5-22(33)18-35/h6-13,15-17,22,35H,3-5,14,18-19H2,1-2H3/t22-/m1/s1. The number of aliphatic hydroxyl groups excluding tert-OH is 1. The number of hydrogen-bond donors (Lipinski definition) is 1. The third-order valence-corrected chi connectivity index (χ3v) is 7.14. The van der Waals surface area contributed by atoms with Gasteiger partial charge in [0.2, 0.25) is 5.43 Å². The Morgan fingerprint density at radius 2 is 1.80 bits per heavy atom. The molecule has 8 nitrogen and oxygen atoms in total. The fraction of sp³-hybridized carbons (Fsp3) is 0.290. The van der Waals surface area contributed by atoms with E-state index in [2.05, 4.69) is 0 Å². The summed E-state index contributed by atoms with van der Waals surface area (Å²) in [6.07, 6.45) is 3.01. The Hall–Kier alpha value is -4.37. The molecule has 0 saturated carbocycles. The summed E-state index contributed by atoms with van der Waals surface area (Å²) in [6.45, 7) is 2.62. The summed E-state index contributed by atoms with van der Waals surface area (Å²) in [7, 11) is 1.62. The summed E-state index contributed by atoms with van der Waals surface area (Å²) in [5, 5.41) is 9.87. The van der Waals surface area contributed by atoms with Gasteiger partial charge in [-0.25, -0.2) is 9.18 Å². The third kappa shape index (κ3) is 5.37. The number of pyridine rings is 1. The molecule has 0 amide bonds. The number of ether oxygens (including phenoxy) is 3. The summed E-state index contributed by atoms with van der Waals surface area (Å²) in [5.74, 6) is 0.0418. The quantitative estimate of drug-likeness (QED) is 0.300. The molecule has 1 N–H and O–H groups in total. The molecule has 208 valence electrons. The molecule has 1 fully saturated rings. The van der Waals surface area contributed by atoms with Gasteiger partial charge < -0.3 is 28.8 Å². The summed E-state index contributed by atoms with van der Waals surface area (Å²) in [4.78, 5) is 27.8. The molecule has 1 aliphatic heterocycles. The largest absolute Gasteiger partial charge is 0.497 e. The molecule has 3 aromatic carbocycles. The zero-order chi connectivity index (χ0) is 28.2. The number of carbonyl (C=O) groups excluding carboxylic acids is 1. The third-order valence-electron chi connectivity index (χ3n) is 7.14. The molecule has 1 saturated heterocycles. The Morgan fingerprint density at radius 3 is 2.48 bits per heavy atom. The van der Waals surface area contributed by atoms with E-state index in [1.807, 2.05) is 29.2 Å². The van der Waals surface area contributed by atoms with Gasteiger partial charge in [0.15, 0.2) is 0 Å². The van der Waals surface area contributed by atoms with Gasteiger partial charge in [-0.15, -0.1) is 0 Å². The molecular weight excluding hydrogens is 515 g/mol. The molecule has 1 aliphatic rings. The van der Waals surface area contributed by atoms with E-state index < -0.39 is 17.2 Å². The van der Waals surface area contributed by atoms with Gasteiger partial charge in [0.1, 0.15) is 29.5 Å². The van der Waals surface area contributed by atoms with Crippen molar-refractivity contribution < 1.29 is 28.5 Å². The highest BCUT2D eigenvalue weighted by atomic mass is 19.1. The summed E-state index contributed by atoms with van der Waals surface area (Å²) < 4.78 is 33.3. The minimum Gasteiger partial charge on any atom is -0.497 e. The SMILES string of the molecule is CCOC(=O)c1cn(-c2ccc(OCc3ccc(OC)cc3)cc2)c2cc(N3CCC[C@@H]3CO)c(F)cc2c1=O. The normalized spacial score (nSPS) is 14.9. The zero-order valence-electron chi connectivity index (χ0n) is 22.4. The predicted molar refractivity (Wildman–Crippen MR) is 150 cm³/mol. The lowest BCUT2D eigenvalue weighted by molar-refractivity contribution is 0.0524. The van der Waals surface area contributed by atoms with Crippen molar-refractivity contribution in [2.24, 2.45) is 0 Å². The monoisotopic (exact) mass is 546 g/mol. The van der Waals surface area contributed by atoms with Crippen LogP contribution in [-0.2, 0) is 11.3 Å². The van der Waals surface area contributed by atoms with E-state index in [9.17, 15) is 14.7 Å². The summed E-state index contributed by atoms with van der Waals surface area (Å²) in [5.41, 5.74) is 1.58. The van der Waals surface area contributed by atoms with Crippen LogP contribution in [0.15, 0.2) is 71.7 Å². The minimum atomic E-state index is -0.771. The molecular formula is C31H31FN2O6. The number of aromatic nitrogens is 1. The van der Waals surface area contributed by atoms with Crippen LogP contribution in [0, 0.1) is 5.82 Å². The number of aliphatic hydroxyl groups is 1. The van der Waals surface area contributed by atoms with Crippen molar-refractivity contribution in [2.75, 3.05) is 31.8 Å². The van der Waals surface area contributed by atoms with Crippen LogP contribution in [0.5, 0.6) is 11.5 Å². The second-order valence-corrected chi connectivity index (χ2v) is 9.59. The summed E-state index contributed by atoms with van der Waals surface area (Å²) in [6, 6.07) is 17.4. The Morgan fingerprint density at radius 1 is 1.07 bits per heavy atom. The van der Waals surface area contributed by atoms with Crippen molar-refractivity contribution in [2.45, 2.75) is 32.4 Å². The average molecular weight is 547 g/mol. The van der Waals surface area contributed by atoms with Crippen molar-refractivity contribution in [3.8, 4) is 17.2 Å². The Labute approximate surface area is 231 Å². The van der Waals surface area contributed by atoms with Crippen LogP contribution in [0.2, 0.25) is 0 Å². The number of fused-ring (bicyclic) bond motifs is 1. The lowest BCUT2D eigenvalue weighted by atomic mass is 10.1. The first-order chi connectivity index (χ1) is 19.4. The highest BCUT2D eigenvalue weighted by molar-refractivity contribution is 5.95. The highest BCUT2D eigenvalue weighted by Crippen LogP contribution is 2.32. The Kier molecular flexibility index (Phi) is 8.02. The zero-order valence-corrected chi connectivity index (χ0v) is 22.4. The lowest BCUT2D eigenvalue weighted by Crippen LogP contribution is -2.33. The summed E-state index contributed by atoms with van der Waals surface area (Å²) >= 11 is 0.